The van der Waals surface area contributed by atoms with Gasteiger partial charge in [0.25, 0.3) is 0 Å². The Hall–Kier alpha value is -2.27. The molecule has 106 valence electrons. The van der Waals surface area contributed by atoms with Crippen molar-refractivity contribution in [1.82, 2.24) is 0 Å². The molecule has 0 bridgehead atoms. The first-order valence-corrected chi connectivity index (χ1v) is 6.30. The predicted molar refractivity (Wildman–Crippen MR) is 76.0 cm³/mol. The normalized spacial score (nSPS) is 12.3. The van der Waals surface area contributed by atoms with Crippen LogP contribution >= 0.6 is 0 Å². The van der Waals surface area contributed by atoms with E-state index in [2.05, 4.69) is 0 Å². The molecule has 0 saturated heterocycles. The van der Waals surface area contributed by atoms with Crippen molar-refractivity contribution >= 4 is 16.7 Å². The number of nitrogens with two attached hydrogens (primary N) is 1. The lowest BCUT2D eigenvalue weighted by molar-refractivity contribution is -0.137. The van der Waals surface area contributed by atoms with E-state index in [1.807, 2.05) is 12.1 Å². The molecule has 0 aliphatic carbocycles. The summed E-state index contributed by atoms with van der Waals surface area (Å²) in [6.45, 7) is 0. The third kappa shape index (κ3) is 2.67. The summed E-state index contributed by atoms with van der Waals surface area (Å²) in [5.74, 6) is -0.148. The summed E-state index contributed by atoms with van der Waals surface area (Å²) in [7, 11) is 1.57. The van der Waals surface area contributed by atoms with Gasteiger partial charge in [0.15, 0.2) is 0 Å². The number of rotatable bonds is 5. The lowest BCUT2D eigenvalue weighted by Crippen LogP contribution is -2.12. The van der Waals surface area contributed by atoms with Crippen LogP contribution in [0.1, 0.15) is 24.4 Å². The minimum atomic E-state index is -0.901. The number of carbonyl (C=O) groups is 1. The summed E-state index contributed by atoms with van der Waals surface area (Å²) >= 11 is 0. The van der Waals surface area contributed by atoms with Gasteiger partial charge in [-0.1, -0.05) is 24.3 Å². The molecule has 1 atom stereocenters. The van der Waals surface area contributed by atoms with Gasteiger partial charge >= 0.3 is 5.97 Å². The Morgan fingerprint density at radius 1 is 1.30 bits per heavy atom. The van der Waals surface area contributed by atoms with Gasteiger partial charge in [0.2, 0.25) is 0 Å². The Morgan fingerprint density at radius 3 is 2.70 bits per heavy atom. The maximum absolute atomic E-state index is 10.6. The monoisotopic (exact) mass is 275 g/mol. The first kappa shape index (κ1) is 14.1. The number of benzene rings is 2. The molecule has 0 amide bonds. The zero-order valence-electron chi connectivity index (χ0n) is 11.2. The topological polar surface area (TPSA) is 92.8 Å². The standard InChI is InChI=1S/C15H17NO4/c1-20-13-4-2-3-10-9(13)5-6-11(15(10)19)12(16)7-8-14(17)18/h2-6,12,19H,7-8,16H2,1H3,(H,17,18). The summed E-state index contributed by atoms with van der Waals surface area (Å²) in [5, 5.41) is 20.4. The molecule has 2 aromatic rings. The number of methoxy groups -OCH3 is 1. The highest BCUT2D eigenvalue weighted by Crippen LogP contribution is 2.36. The molecule has 0 spiro atoms. The van der Waals surface area contributed by atoms with Gasteiger partial charge in [0.1, 0.15) is 11.5 Å². The van der Waals surface area contributed by atoms with Crippen LogP contribution in [0.25, 0.3) is 10.8 Å². The molecule has 4 N–H and O–H groups in total. The van der Waals surface area contributed by atoms with Crippen LogP contribution in [-0.2, 0) is 4.79 Å². The number of fused-ring (bicyclic) bond motifs is 1. The fourth-order valence-corrected chi connectivity index (χ4v) is 2.24. The van der Waals surface area contributed by atoms with Gasteiger partial charge in [-0.05, 0) is 12.5 Å². The van der Waals surface area contributed by atoms with E-state index in [0.29, 0.717) is 16.7 Å². The minimum Gasteiger partial charge on any atom is -0.507 e. The van der Waals surface area contributed by atoms with Crippen LogP contribution < -0.4 is 10.5 Å². The lowest BCUT2D eigenvalue weighted by atomic mass is 9.97. The molecule has 0 radical (unpaired) electrons. The van der Waals surface area contributed by atoms with E-state index in [0.717, 1.165) is 5.39 Å². The van der Waals surface area contributed by atoms with Gasteiger partial charge in [-0.15, -0.1) is 0 Å². The highest BCUT2D eigenvalue weighted by Gasteiger charge is 2.15. The van der Waals surface area contributed by atoms with Gasteiger partial charge in [-0.3, -0.25) is 4.79 Å². The molecule has 0 saturated carbocycles. The summed E-state index contributed by atoms with van der Waals surface area (Å²) in [6, 6.07) is 8.40. The summed E-state index contributed by atoms with van der Waals surface area (Å²) < 4.78 is 5.24. The summed E-state index contributed by atoms with van der Waals surface area (Å²) in [5.41, 5.74) is 6.50. The molecule has 5 heteroatoms. The Kier molecular flexibility index (Phi) is 4.10. The Bertz CT molecular complexity index is 639. The van der Waals surface area contributed by atoms with Crippen LogP contribution in [0.15, 0.2) is 30.3 Å². The number of aromatic hydroxyl groups is 1. The largest absolute Gasteiger partial charge is 0.507 e. The smallest absolute Gasteiger partial charge is 0.303 e. The summed E-state index contributed by atoms with van der Waals surface area (Å²) in [6.07, 6.45) is 0.245. The van der Waals surface area contributed by atoms with Crippen LogP contribution in [0.2, 0.25) is 0 Å². The average Bonchev–Trinajstić information content (AvgIpc) is 2.44. The van der Waals surface area contributed by atoms with Crippen molar-refractivity contribution in [2.45, 2.75) is 18.9 Å². The molecule has 20 heavy (non-hydrogen) atoms. The number of ether oxygens (including phenoxy) is 1. The van der Waals surface area contributed by atoms with Gasteiger partial charge in [-0.2, -0.15) is 0 Å². The van der Waals surface area contributed by atoms with E-state index < -0.39 is 12.0 Å². The highest BCUT2D eigenvalue weighted by atomic mass is 16.5. The Morgan fingerprint density at radius 2 is 2.05 bits per heavy atom. The van der Waals surface area contributed by atoms with Gasteiger partial charge in [0.05, 0.1) is 7.11 Å². The quantitative estimate of drug-likeness (QED) is 0.779. The van der Waals surface area contributed by atoms with E-state index in [1.165, 1.54) is 0 Å². The van der Waals surface area contributed by atoms with Crippen molar-refractivity contribution in [3.05, 3.63) is 35.9 Å². The van der Waals surface area contributed by atoms with Gasteiger partial charge in [0, 0.05) is 28.8 Å². The van der Waals surface area contributed by atoms with Crippen LogP contribution in [0, 0.1) is 0 Å². The van der Waals surface area contributed by atoms with Crippen molar-refractivity contribution in [1.29, 1.82) is 0 Å². The zero-order valence-corrected chi connectivity index (χ0v) is 11.2. The molecule has 5 nitrogen and oxygen atoms in total. The summed E-state index contributed by atoms with van der Waals surface area (Å²) in [4.78, 5) is 10.6. The highest BCUT2D eigenvalue weighted by molar-refractivity contribution is 5.94. The fourth-order valence-electron chi connectivity index (χ4n) is 2.24. The van der Waals surface area contributed by atoms with Gasteiger partial charge in [-0.25, -0.2) is 0 Å². The molecule has 2 rings (SSSR count). The van der Waals surface area contributed by atoms with E-state index in [-0.39, 0.29) is 18.6 Å². The zero-order chi connectivity index (χ0) is 14.7. The molecule has 1 unspecified atom stereocenters. The van der Waals surface area contributed by atoms with E-state index in [1.54, 1.807) is 25.3 Å². The number of phenolic OH excluding ortho intramolecular Hbond substituents is 1. The minimum absolute atomic E-state index is 0.0310. The number of hydrogen-bond acceptors (Lipinski definition) is 4. The maximum Gasteiger partial charge on any atom is 0.303 e. The van der Waals surface area contributed by atoms with E-state index >= 15 is 0 Å². The molecule has 0 heterocycles. The SMILES string of the molecule is COc1cccc2c(O)c(C(N)CCC(=O)O)ccc12. The molecule has 0 aliphatic rings. The number of carboxylic acid groups (broad SMARTS) is 1. The van der Waals surface area contributed by atoms with Gasteiger partial charge < -0.3 is 20.7 Å². The average molecular weight is 275 g/mol. The van der Waals surface area contributed by atoms with Crippen molar-refractivity contribution < 1.29 is 19.7 Å². The van der Waals surface area contributed by atoms with Crippen LogP contribution in [0.3, 0.4) is 0 Å². The first-order chi connectivity index (χ1) is 9.54. The van der Waals surface area contributed by atoms with Crippen LogP contribution in [0.5, 0.6) is 11.5 Å². The third-order valence-corrected chi connectivity index (χ3v) is 3.31. The molecule has 0 aromatic heterocycles. The van der Waals surface area contributed by atoms with Crippen molar-refractivity contribution in [2.24, 2.45) is 5.73 Å². The maximum atomic E-state index is 10.6. The number of aliphatic carboxylic acids is 1. The van der Waals surface area contributed by atoms with E-state index in [9.17, 15) is 9.90 Å². The third-order valence-electron chi connectivity index (χ3n) is 3.31. The van der Waals surface area contributed by atoms with Crippen LogP contribution in [0.4, 0.5) is 0 Å². The number of phenols is 1. The lowest BCUT2D eigenvalue weighted by Gasteiger charge is -2.15. The van der Waals surface area contributed by atoms with Crippen molar-refractivity contribution in [3.63, 3.8) is 0 Å². The molecular weight excluding hydrogens is 258 g/mol. The second-order valence-corrected chi connectivity index (χ2v) is 4.60. The first-order valence-electron chi connectivity index (χ1n) is 6.30. The van der Waals surface area contributed by atoms with E-state index in [4.69, 9.17) is 15.6 Å². The Balaban J connectivity index is 2.41. The fraction of sp³-hybridized carbons (Fsp3) is 0.267. The predicted octanol–water partition coefficient (Wildman–Crippen LogP) is 2.42. The molecular formula is C15H17NO4. The second kappa shape index (κ2) is 5.79. The Labute approximate surface area is 116 Å². The molecule has 0 fully saturated rings. The van der Waals surface area contributed by atoms with Crippen LogP contribution in [-0.4, -0.2) is 23.3 Å². The second-order valence-electron chi connectivity index (χ2n) is 4.60. The molecule has 2 aromatic carbocycles. The molecule has 0 aliphatic heterocycles. The number of carboxylic acids is 1. The van der Waals surface area contributed by atoms with Crippen molar-refractivity contribution in [3.8, 4) is 11.5 Å². The van der Waals surface area contributed by atoms with Crippen molar-refractivity contribution in [2.75, 3.05) is 7.11 Å². The number of hydrogen-bond donors (Lipinski definition) is 3.